The van der Waals surface area contributed by atoms with Crippen LogP contribution in [0.25, 0.3) is 0 Å². The van der Waals surface area contributed by atoms with Gasteiger partial charge in [0.05, 0.1) is 11.2 Å². The SMILES string of the molecule is CC1(C)c2ccccc2CCN1S(=O)(=O)Cc1ccon1. The Hall–Kier alpha value is -1.66. The highest BCUT2D eigenvalue weighted by molar-refractivity contribution is 7.88. The summed E-state index contributed by atoms with van der Waals surface area (Å²) in [5, 5.41) is 3.71. The van der Waals surface area contributed by atoms with E-state index in [1.807, 2.05) is 32.0 Å². The van der Waals surface area contributed by atoms with Crippen molar-refractivity contribution in [1.29, 1.82) is 0 Å². The van der Waals surface area contributed by atoms with Crippen LogP contribution in [0.4, 0.5) is 0 Å². The number of benzene rings is 1. The van der Waals surface area contributed by atoms with Gasteiger partial charge in [0.1, 0.15) is 12.0 Å². The Balaban J connectivity index is 1.97. The second-order valence-electron chi connectivity index (χ2n) is 5.79. The Bertz CT molecular complexity index is 736. The van der Waals surface area contributed by atoms with Gasteiger partial charge in [-0.2, -0.15) is 4.31 Å². The molecular weight excluding hydrogens is 288 g/mol. The van der Waals surface area contributed by atoms with Gasteiger partial charge in [0, 0.05) is 12.6 Å². The summed E-state index contributed by atoms with van der Waals surface area (Å²) >= 11 is 0. The van der Waals surface area contributed by atoms with Gasteiger partial charge in [-0.05, 0) is 31.4 Å². The third-order valence-electron chi connectivity index (χ3n) is 4.04. The quantitative estimate of drug-likeness (QED) is 0.873. The van der Waals surface area contributed by atoms with Crippen LogP contribution in [0.15, 0.2) is 41.1 Å². The van der Waals surface area contributed by atoms with Crippen LogP contribution in [0.2, 0.25) is 0 Å². The van der Waals surface area contributed by atoms with Gasteiger partial charge in [-0.15, -0.1) is 0 Å². The van der Waals surface area contributed by atoms with Crippen molar-refractivity contribution < 1.29 is 12.9 Å². The van der Waals surface area contributed by atoms with E-state index >= 15 is 0 Å². The first-order valence-corrected chi connectivity index (χ1v) is 8.50. The minimum absolute atomic E-state index is 0.130. The fourth-order valence-electron chi connectivity index (χ4n) is 3.03. The molecule has 1 aliphatic heterocycles. The van der Waals surface area contributed by atoms with E-state index < -0.39 is 15.6 Å². The van der Waals surface area contributed by atoms with Crippen LogP contribution in [0.5, 0.6) is 0 Å². The van der Waals surface area contributed by atoms with E-state index in [1.54, 1.807) is 10.4 Å². The first-order chi connectivity index (χ1) is 9.91. The van der Waals surface area contributed by atoms with Crippen molar-refractivity contribution in [2.45, 2.75) is 31.6 Å². The zero-order chi connectivity index (χ0) is 15.1. The molecule has 3 rings (SSSR count). The smallest absolute Gasteiger partial charge is 0.220 e. The molecule has 0 radical (unpaired) electrons. The molecule has 1 aromatic heterocycles. The van der Waals surface area contributed by atoms with Crippen molar-refractivity contribution in [1.82, 2.24) is 9.46 Å². The molecule has 6 heteroatoms. The Morgan fingerprint density at radius 2 is 2.05 bits per heavy atom. The average Bonchev–Trinajstić information content (AvgIpc) is 2.90. The second kappa shape index (κ2) is 4.96. The van der Waals surface area contributed by atoms with Crippen LogP contribution in [0.3, 0.4) is 0 Å². The molecule has 0 saturated carbocycles. The molecule has 2 aromatic rings. The molecular formula is C15H18N2O3S. The van der Waals surface area contributed by atoms with Gasteiger partial charge in [0.15, 0.2) is 0 Å². The van der Waals surface area contributed by atoms with Crippen LogP contribution in [0, 0.1) is 0 Å². The van der Waals surface area contributed by atoms with Gasteiger partial charge < -0.3 is 4.52 Å². The molecule has 0 aliphatic carbocycles. The van der Waals surface area contributed by atoms with Crippen LogP contribution >= 0.6 is 0 Å². The van der Waals surface area contributed by atoms with Crippen molar-refractivity contribution in [3.8, 4) is 0 Å². The molecule has 0 saturated heterocycles. The first kappa shape index (κ1) is 14.3. The molecule has 0 unspecified atom stereocenters. The van der Waals surface area contributed by atoms with Crippen LogP contribution < -0.4 is 0 Å². The van der Waals surface area contributed by atoms with Gasteiger partial charge in [0.2, 0.25) is 10.0 Å². The molecule has 0 spiro atoms. The third-order valence-corrected chi connectivity index (χ3v) is 6.01. The third kappa shape index (κ3) is 2.49. The Labute approximate surface area is 124 Å². The van der Waals surface area contributed by atoms with Gasteiger partial charge in [-0.3, -0.25) is 0 Å². The predicted octanol–water partition coefficient (Wildman–Crippen LogP) is 2.30. The molecule has 2 heterocycles. The molecule has 21 heavy (non-hydrogen) atoms. The molecule has 0 N–H and O–H groups in total. The van der Waals surface area contributed by atoms with Gasteiger partial charge in [-0.1, -0.05) is 29.4 Å². The summed E-state index contributed by atoms with van der Waals surface area (Å²) in [5.41, 5.74) is 2.16. The fourth-order valence-corrected chi connectivity index (χ4v) is 4.88. The van der Waals surface area contributed by atoms with E-state index in [4.69, 9.17) is 4.52 Å². The number of rotatable bonds is 3. The molecule has 5 nitrogen and oxygen atoms in total. The van der Waals surface area contributed by atoms with E-state index in [1.165, 1.54) is 11.8 Å². The summed E-state index contributed by atoms with van der Waals surface area (Å²) in [5.74, 6) is -0.130. The summed E-state index contributed by atoms with van der Waals surface area (Å²) in [6, 6.07) is 9.61. The lowest BCUT2D eigenvalue weighted by Gasteiger charge is -2.42. The van der Waals surface area contributed by atoms with E-state index in [2.05, 4.69) is 11.2 Å². The van der Waals surface area contributed by atoms with Crippen LogP contribution in [0.1, 0.15) is 30.7 Å². The molecule has 0 bridgehead atoms. The lowest BCUT2D eigenvalue weighted by molar-refractivity contribution is 0.214. The number of hydrogen-bond donors (Lipinski definition) is 0. The predicted molar refractivity (Wildman–Crippen MR) is 79.0 cm³/mol. The van der Waals surface area contributed by atoms with Crippen molar-refractivity contribution in [3.63, 3.8) is 0 Å². The molecule has 0 amide bonds. The standard InChI is InChI=1S/C15H18N2O3S/c1-15(2)14-6-4-3-5-12(14)7-9-17(15)21(18,19)11-13-8-10-20-16-13/h3-6,8,10H,7,9,11H2,1-2H3. The molecule has 1 aromatic carbocycles. The maximum absolute atomic E-state index is 12.7. The molecule has 1 aliphatic rings. The molecule has 0 atom stereocenters. The monoisotopic (exact) mass is 306 g/mol. The highest BCUT2D eigenvalue weighted by Gasteiger charge is 2.41. The number of aromatic nitrogens is 1. The van der Waals surface area contributed by atoms with E-state index in [0.29, 0.717) is 12.2 Å². The second-order valence-corrected chi connectivity index (χ2v) is 7.68. The molecule has 112 valence electrons. The number of fused-ring (bicyclic) bond motifs is 1. The normalized spacial score (nSPS) is 18.4. The number of hydrogen-bond acceptors (Lipinski definition) is 4. The Morgan fingerprint density at radius 3 is 2.76 bits per heavy atom. The average molecular weight is 306 g/mol. The van der Waals surface area contributed by atoms with Crippen LogP contribution in [-0.4, -0.2) is 24.4 Å². The van der Waals surface area contributed by atoms with E-state index in [9.17, 15) is 8.42 Å². The number of nitrogens with zero attached hydrogens (tertiary/aromatic N) is 2. The van der Waals surface area contributed by atoms with Crippen molar-refractivity contribution in [2.75, 3.05) is 6.54 Å². The number of sulfonamides is 1. The Kier molecular flexibility index (Phi) is 3.37. The van der Waals surface area contributed by atoms with Gasteiger partial charge >= 0.3 is 0 Å². The first-order valence-electron chi connectivity index (χ1n) is 6.89. The highest BCUT2D eigenvalue weighted by atomic mass is 32.2. The van der Waals surface area contributed by atoms with Crippen molar-refractivity contribution >= 4 is 10.0 Å². The summed E-state index contributed by atoms with van der Waals surface area (Å²) in [6.07, 6.45) is 2.12. The zero-order valence-corrected chi connectivity index (χ0v) is 12.9. The summed E-state index contributed by atoms with van der Waals surface area (Å²) < 4.78 is 31.7. The minimum Gasteiger partial charge on any atom is -0.364 e. The van der Waals surface area contributed by atoms with Crippen LogP contribution in [-0.2, 0) is 27.7 Å². The maximum atomic E-state index is 12.7. The van der Waals surface area contributed by atoms with E-state index in [-0.39, 0.29) is 5.75 Å². The summed E-state index contributed by atoms with van der Waals surface area (Å²) in [6.45, 7) is 4.39. The lowest BCUT2D eigenvalue weighted by Crippen LogP contribution is -2.50. The lowest BCUT2D eigenvalue weighted by atomic mass is 9.85. The Morgan fingerprint density at radius 1 is 1.29 bits per heavy atom. The maximum Gasteiger partial charge on any atom is 0.220 e. The highest BCUT2D eigenvalue weighted by Crippen LogP contribution is 2.37. The summed E-state index contributed by atoms with van der Waals surface area (Å²) in [4.78, 5) is 0. The fraction of sp³-hybridized carbons (Fsp3) is 0.400. The van der Waals surface area contributed by atoms with Gasteiger partial charge in [0.25, 0.3) is 0 Å². The van der Waals surface area contributed by atoms with Crippen molar-refractivity contribution in [2.24, 2.45) is 0 Å². The van der Waals surface area contributed by atoms with Crippen molar-refractivity contribution in [3.05, 3.63) is 53.4 Å². The van der Waals surface area contributed by atoms with E-state index in [0.717, 1.165) is 12.0 Å². The zero-order valence-electron chi connectivity index (χ0n) is 12.1. The molecule has 0 fully saturated rings. The topological polar surface area (TPSA) is 63.4 Å². The summed E-state index contributed by atoms with van der Waals surface area (Å²) in [7, 11) is -3.45. The largest absolute Gasteiger partial charge is 0.364 e. The minimum atomic E-state index is -3.45. The van der Waals surface area contributed by atoms with Gasteiger partial charge in [-0.25, -0.2) is 8.42 Å².